The van der Waals surface area contributed by atoms with E-state index in [0.29, 0.717) is 11.3 Å². The number of hydrogen-bond donors (Lipinski definition) is 2. The lowest BCUT2D eigenvalue weighted by atomic mass is 10.0. The number of likely N-dealkylation sites (N-methyl/N-ethyl adjacent to an activating group) is 1. The highest BCUT2D eigenvalue weighted by atomic mass is 32.2. The molecule has 2 rings (SSSR count). The summed E-state index contributed by atoms with van der Waals surface area (Å²) in [5, 5.41) is 12.1. The number of nitrogens with one attached hydrogen (secondary N) is 1. The molecule has 2 atom stereocenters. The lowest BCUT2D eigenvalue weighted by Crippen LogP contribution is -2.69. The Bertz CT molecular complexity index is 450. The van der Waals surface area contributed by atoms with E-state index >= 15 is 0 Å². The van der Waals surface area contributed by atoms with Crippen molar-refractivity contribution in [3.8, 4) is 0 Å². The monoisotopic (exact) mass is 314 g/mol. The third-order valence-electron chi connectivity index (χ3n) is 3.07. The molecule has 1 fully saturated rings. The van der Waals surface area contributed by atoms with Crippen LogP contribution in [-0.2, 0) is 14.3 Å². The van der Waals surface area contributed by atoms with Gasteiger partial charge in [-0.2, -0.15) is 0 Å². The Hall–Kier alpha value is -1.31. The third-order valence-corrected chi connectivity index (χ3v) is 4.41. The highest BCUT2D eigenvalue weighted by Crippen LogP contribution is 2.40. The molecule has 0 aromatic carbocycles. The van der Waals surface area contributed by atoms with Crippen LogP contribution < -0.4 is 5.32 Å². The molecule has 2 N–H and O–H groups in total. The third kappa shape index (κ3) is 3.30. The fraction of sp³-hybridized carbons (Fsp3) is 0.571. The minimum atomic E-state index is -0.586. The van der Waals surface area contributed by atoms with Gasteiger partial charge in [0, 0.05) is 5.75 Å². The SMILES string of the molecule is C=CCOC(=O)C1=C(CO)CSC2C(NC)C(=O)N12.CC. The Balaban J connectivity index is 0.00000106. The first kappa shape index (κ1) is 17.7. The van der Waals surface area contributed by atoms with Crippen LogP contribution in [0.3, 0.4) is 0 Å². The molecule has 21 heavy (non-hydrogen) atoms. The highest BCUT2D eigenvalue weighted by molar-refractivity contribution is 8.00. The van der Waals surface area contributed by atoms with Crippen molar-refractivity contribution in [3.63, 3.8) is 0 Å². The van der Waals surface area contributed by atoms with Gasteiger partial charge < -0.3 is 15.2 Å². The maximum Gasteiger partial charge on any atom is 0.355 e. The molecule has 7 heteroatoms. The summed E-state index contributed by atoms with van der Waals surface area (Å²) in [6.45, 7) is 7.29. The zero-order chi connectivity index (χ0) is 16.0. The van der Waals surface area contributed by atoms with E-state index in [-0.39, 0.29) is 36.2 Å². The maximum absolute atomic E-state index is 12.0. The molecule has 0 saturated carbocycles. The minimum Gasteiger partial charge on any atom is -0.457 e. The molecule has 0 aromatic rings. The molecule has 0 spiro atoms. The molecule has 0 aliphatic carbocycles. The zero-order valence-electron chi connectivity index (χ0n) is 12.6. The normalized spacial score (nSPS) is 23.6. The summed E-state index contributed by atoms with van der Waals surface area (Å²) in [7, 11) is 1.71. The van der Waals surface area contributed by atoms with Gasteiger partial charge in [0.15, 0.2) is 0 Å². The average molecular weight is 314 g/mol. The molecule has 6 nitrogen and oxygen atoms in total. The van der Waals surface area contributed by atoms with Crippen LogP contribution in [-0.4, -0.2) is 59.3 Å². The van der Waals surface area contributed by atoms with E-state index in [2.05, 4.69) is 11.9 Å². The summed E-state index contributed by atoms with van der Waals surface area (Å²) in [5.74, 6) is -0.241. The number of amides is 1. The number of thioether (sulfide) groups is 1. The van der Waals surface area contributed by atoms with Crippen molar-refractivity contribution in [1.29, 1.82) is 0 Å². The van der Waals surface area contributed by atoms with Gasteiger partial charge >= 0.3 is 5.97 Å². The van der Waals surface area contributed by atoms with Gasteiger partial charge in [-0.15, -0.1) is 11.8 Å². The molecule has 2 unspecified atom stereocenters. The van der Waals surface area contributed by atoms with Gasteiger partial charge in [0.05, 0.1) is 6.61 Å². The molecule has 0 aromatic heterocycles. The number of carbonyl (C=O) groups excluding carboxylic acids is 2. The van der Waals surface area contributed by atoms with E-state index in [1.54, 1.807) is 7.05 Å². The summed E-state index contributed by atoms with van der Waals surface area (Å²) in [6.07, 6.45) is 1.46. The van der Waals surface area contributed by atoms with Crippen molar-refractivity contribution >= 4 is 23.6 Å². The number of carbonyl (C=O) groups is 2. The van der Waals surface area contributed by atoms with Crippen molar-refractivity contribution in [2.24, 2.45) is 0 Å². The number of aliphatic hydroxyl groups is 1. The van der Waals surface area contributed by atoms with Crippen LogP contribution in [0.5, 0.6) is 0 Å². The standard InChI is InChI=1S/C12H16N2O4S.C2H6/c1-3-4-18-12(17)9-7(5-15)6-19-11-8(13-2)10(16)14(9)11;1-2/h3,8,11,13,15H,1,4-6H2,2H3;1-2H3. The maximum atomic E-state index is 12.0. The Kier molecular flexibility index (Phi) is 6.94. The lowest BCUT2D eigenvalue weighted by molar-refractivity contribution is -0.151. The van der Waals surface area contributed by atoms with Gasteiger partial charge in [0.25, 0.3) is 0 Å². The molecular formula is C14H22N2O4S. The van der Waals surface area contributed by atoms with Crippen LogP contribution in [0.1, 0.15) is 13.8 Å². The highest BCUT2D eigenvalue weighted by Gasteiger charge is 2.52. The van der Waals surface area contributed by atoms with Gasteiger partial charge in [-0.25, -0.2) is 4.79 Å². The van der Waals surface area contributed by atoms with E-state index < -0.39 is 5.97 Å². The fourth-order valence-corrected chi connectivity index (χ4v) is 3.53. The second-order valence-electron chi connectivity index (χ2n) is 4.17. The van der Waals surface area contributed by atoms with Crippen molar-refractivity contribution < 1.29 is 19.4 Å². The van der Waals surface area contributed by atoms with Crippen molar-refractivity contribution in [1.82, 2.24) is 10.2 Å². The molecule has 2 heterocycles. The minimum absolute atomic E-state index is 0.0797. The molecular weight excluding hydrogens is 292 g/mol. The second kappa shape index (κ2) is 8.21. The van der Waals surface area contributed by atoms with Crippen molar-refractivity contribution in [3.05, 3.63) is 23.9 Å². The Morgan fingerprint density at radius 3 is 2.81 bits per heavy atom. The fourth-order valence-electron chi connectivity index (χ4n) is 2.13. The summed E-state index contributed by atoms with van der Waals surface area (Å²) in [5.41, 5.74) is 0.711. The van der Waals surface area contributed by atoms with E-state index in [1.807, 2.05) is 13.8 Å². The number of β-lactam (4-membered cyclic amide) rings is 1. The molecule has 0 bridgehead atoms. The van der Waals surface area contributed by atoms with Gasteiger partial charge in [-0.3, -0.25) is 9.69 Å². The molecule has 118 valence electrons. The van der Waals surface area contributed by atoms with Crippen LogP contribution in [0.15, 0.2) is 23.9 Å². The van der Waals surface area contributed by atoms with Gasteiger partial charge in [-0.05, 0) is 12.6 Å². The van der Waals surface area contributed by atoms with Crippen molar-refractivity contribution in [2.45, 2.75) is 25.3 Å². The molecule has 2 aliphatic rings. The lowest BCUT2D eigenvalue weighted by Gasteiger charge is -2.49. The van der Waals surface area contributed by atoms with E-state index in [9.17, 15) is 14.7 Å². The average Bonchev–Trinajstić information content (AvgIpc) is 2.53. The predicted molar refractivity (Wildman–Crippen MR) is 82.6 cm³/mol. The van der Waals surface area contributed by atoms with Gasteiger partial charge in [0.1, 0.15) is 23.7 Å². The van der Waals surface area contributed by atoms with Crippen molar-refractivity contribution in [2.75, 3.05) is 26.0 Å². The number of ether oxygens (including phenoxy) is 1. The van der Waals surface area contributed by atoms with Crippen LogP contribution in [0.4, 0.5) is 0 Å². The molecule has 2 aliphatic heterocycles. The number of rotatable bonds is 5. The predicted octanol–water partition coefficient (Wildman–Crippen LogP) is 0.491. The Labute approximate surface area is 129 Å². The van der Waals surface area contributed by atoms with E-state index in [1.165, 1.54) is 22.7 Å². The quantitative estimate of drug-likeness (QED) is 0.437. The smallest absolute Gasteiger partial charge is 0.355 e. The van der Waals surface area contributed by atoms with E-state index in [0.717, 1.165) is 0 Å². The number of nitrogens with zero attached hydrogens (tertiary/aromatic N) is 1. The first-order valence-electron chi connectivity index (χ1n) is 6.88. The van der Waals surface area contributed by atoms with Crippen LogP contribution in [0, 0.1) is 0 Å². The Morgan fingerprint density at radius 2 is 2.29 bits per heavy atom. The summed E-state index contributed by atoms with van der Waals surface area (Å²) >= 11 is 1.52. The molecule has 1 saturated heterocycles. The first-order chi connectivity index (χ1) is 10.2. The summed E-state index contributed by atoms with van der Waals surface area (Å²) in [4.78, 5) is 25.4. The zero-order valence-corrected chi connectivity index (χ0v) is 13.4. The van der Waals surface area contributed by atoms with Crippen LogP contribution >= 0.6 is 11.8 Å². The van der Waals surface area contributed by atoms with Crippen LogP contribution in [0.25, 0.3) is 0 Å². The summed E-state index contributed by atoms with van der Waals surface area (Å²) < 4.78 is 4.98. The second-order valence-corrected chi connectivity index (χ2v) is 5.28. The largest absolute Gasteiger partial charge is 0.457 e. The van der Waals surface area contributed by atoms with Gasteiger partial charge in [-0.1, -0.05) is 26.5 Å². The van der Waals surface area contributed by atoms with E-state index in [4.69, 9.17) is 4.74 Å². The summed E-state index contributed by atoms with van der Waals surface area (Å²) in [6, 6.07) is -0.285. The topological polar surface area (TPSA) is 78.9 Å². The molecule has 0 radical (unpaired) electrons. The van der Waals surface area contributed by atoms with Gasteiger partial charge in [0.2, 0.25) is 5.91 Å². The number of hydrogen-bond acceptors (Lipinski definition) is 6. The Morgan fingerprint density at radius 1 is 1.62 bits per heavy atom. The number of fused-ring (bicyclic) bond motifs is 1. The number of esters is 1. The number of aliphatic hydroxyl groups excluding tert-OH is 1. The van der Waals surface area contributed by atoms with Crippen LogP contribution in [0.2, 0.25) is 0 Å². The first-order valence-corrected chi connectivity index (χ1v) is 7.93. The molecule has 1 amide bonds.